The first kappa shape index (κ1) is 39.9. The Labute approximate surface area is 382 Å². The fourth-order valence-corrected chi connectivity index (χ4v) is 12.5. The molecule has 5 aromatic carbocycles. The molecule has 5 heteroatoms. The maximum atomic E-state index is 9.24. The number of hydrogen-bond acceptors (Lipinski definition) is 3. The van der Waals surface area contributed by atoms with Crippen molar-refractivity contribution in [3.63, 3.8) is 0 Å². The van der Waals surface area contributed by atoms with Crippen LogP contribution in [0.2, 0.25) is 17.3 Å². The molecule has 1 unspecified atom stereocenters. The number of nitrogens with zero attached hydrogens (tertiary/aromatic N) is 2. The third-order valence-corrected chi connectivity index (χ3v) is 17.0. The molecule has 0 saturated heterocycles. The Bertz CT molecular complexity index is 2810. The fraction of sp³-hybridized carbons (Fsp3) is 0.273. The topological polar surface area (TPSA) is 25.8 Å². The summed E-state index contributed by atoms with van der Waals surface area (Å²) >= 11 is -0.466. The van der Waals surface area contributed by atoms with E-state index in [1.165, 1.54) is 50.6 Å². The smallest absolute Gasteiger partial charge is 0 e. The minimum Gasteiger partial charge on any atom is 0 e. The molecule has 307 valence electrons. The van der Waals surface area contributed by atoms with E-state index in [4.69, 9.17) is 12.7 Å². The van der Waals surface area contributed by atoms with E-state index >= 15 is 0 Å². The second kappa shape index (κ2) is 19.7. The minimum atomic E-state index is -2.28. The molecule has 8 aromatic rings. The molecule has 9 rings (SSSR count). The third-order valence-electron chi connectivity index (χ3n) is 11.6. The van der Waals surface area contributed by atoms with Gasteiger partial charge in [-0.1, -0.05) is 79.6 Å². The molecule has 0 bridgehead atoms. The molecule has 0 spiro atoms. The van der Waals surface area contributed by atoms with Crippen molar-refractivity contribution in [3.05, 3.63) is 163 Å². The van der Waals surface area contributed by atoms with Gasteiger partial charge < -0.3 is 4.98 Å². The molecule has 1 aliphatic rings. The Morgan fingerprint density at radius 3 is 2.08 bits per heavy atom. The molecule has 1 aliphatic carbocycles. The van der Waals surface area contributed by atoms with Crippen LogP contribution in [-0.2, 0) is 26.5 Å². The van der Waals surface area contributed by atoms with Crippen LogP contribution < -0.4 is 4.40 Å². The summed E-state index contributed by atoms with van der Waals surface area (Å²) in [5.74, 6) is 6.59. The van der Waals surface area contributed by atoms with Crippen molar-refractivity contribution >= 4 is 49.2 Å². The number of fused-ring (bicyclic) bond motifs is 3. The van der Waals surface area contributed by atoms with E-state index < -0.39 is 25.5 Å². The van der Waals surface area contributed by atoms with Gasteiger partial charge in [0.05, 0.1) is 0 Å². The number of pyridine rings is 2. The zero-order valence-corrected chi connectivity index (χ0v) is 40.9. The van der Waals surface area contributed by atoms with Crippen LogP contribution in [0.4, 0.5) is 0 Å². The quantitative estimate of drug-likeness (QED) is 0.106. The maximum absolute atomic E-state index is 9.24. The molecule has 2 nitrogen and oxygen atoms in total. The van der Waals surface area contributed by atoms with Gasteiger partial charge in [-0.3, -0.25) is 0 Å². The van der Waals surface area contributed by atoms with E-state index in [0.717, 1.165) is 62.0 Å². The van der Waals surface area contributed by atoms with Gasteiger partial charge in [-0.05, 0) is 69.8 Å². The number of rotatable bonds is 9. The molecule has 60 heavy (non-hydrogen) atoms. The number of thiophene rings is 1. The van der Waals surface area contributed by atoms with Crippen LogP contribution in [0.5, 0.6) is 0 Å². The standard InChI is InChI=1S/C31H28NS.C24H28GeN.Ir/c1-21(22-9-4-2-5-10-22)24-17-18-32-29(20-24)27-14-8-13-26-28-19-25(23-11-6-3-7-12-23)15-16-30(28)33-31(26)27;1-18(2)14-22-16-24(26-17-23(22)25(3,4)5)21-13-9-12-20(15-21)19-10-7-6-8-11-19;/h3,6-8,11-13,15-22H,2,4-5,9-10H2,1H3;6-12,15-18H,14H2,1-5H3;/q2*-1;/i21D;14D2;. The summed E-state index contributed by atoms with van der Waals surface area (Å²) in [6.07, 6.45) is 8.53. The molecule has 0 amide bonds. The Balaban J connectivity index is 0.000000190. The van der Waals surface area contributed by atoms with E-state index in [1.807, 2.05) is 86.1 Å². The average Bonchev–Trinajstić information content (AvgIpc) is 3.68. The van der Waals surface area contributed by atoms with Crippen molar-refractivity contribution in [2.24, 2.45) is 11.8 Å². The number of benzene rings is 5. The monoisotopic (exact) mass is 1050 g/mol. The van der Waals surface area contributed by atoms with Crippen LogP contribution in [0.1, 0.15) is 74.0 Å². The van der Waals surface area contributed by atoms with Gasteiger partial charge in [0, 0.05) is 32.4 Å². The molecule has 1 fully saturated rings. The van der Waals surface area contributed by atoms with Gasteiger partial charge in [0.2, 0.25) is 0 Å². The van der Waals surface area contributed by atoms with E-state index in [2.05, 4.69) is 115 Å². The summed E-state index contributed by atoms with van der Waals surface area (Å²) in [5.41, 5.74) is 10.3. The van der Waals surface area contributed by atoms with Crippen LogP contribution in [0.25, 0.3) is 64.9 Å². The first-order chi connectivity index (χ1) is 29.7. The number of aromatic nitrogens is 2. The van der Waals surface area contributed by atoms with Crippen LogP contribution >= 0.6 is 11.3 Å². The van der Waals surface area contributed by atoms with Crippen molar-refractivity contribution < 1.29 is 24.2 Å². The molecule has 1 saturated carbocycles. The van der Waals surface area contributed by atoms with Gasteiger partial charge >= 0.3 is 164 Å². The average molecular weight is 1040 g/mol. The van der Waals surface area contributed by atoms with Gasteiger partial charge in [-0.25, -0.2) is 0 Å². The normalized spacial score (nSPS) is 15.3. The Kier molecular flexibility index (Phi) is 13.1. The van der Waals surface area contributed by atoms with Gasteiger partial charge in [-0.2, -0.15) is 11.3 Å². The Morgan fingerprint density at radius 2 is 1.40 bits per heavy atom. The van der Waals surface area contributed by atoms with Gasteiger partial charge in [0.25, 0.3) is 0 Å². The third kappa shape index (κ3) is 10.1. The van der Waals surface area contributed by atoms with Gasteiger partial charge in [-0.15, -0.1) is 23.8 Å². The predicted octanol–water partition coefficient (Wildman–Crippen LogP) is 15.2. The van der Waals surface area contributed by atoms with Gasteiger partial charge in [0.15, 0.2) is 0 Å². The van der Waals surface area contributed by atoms with Crippen molar-refractivity contribution in [1.82, 2.24) is 9.97 Å². The summed E-state index contributed by atoms with van der Waals surface area (Å²) in [4.78, 5) is 9.48. The summed E-state index contributed by atoms with van der Waals surface area (Å²) in [6.45, 7) is 5.99. The first-order valence-corrected chi connectivity index (χ1v) is 29.4. The molecule has 0 N–H and O–H groups in total. The predicted molar refractivity (Wildman–Crippen MR) is 257 cm³/mol. The van der Waals surface area contributed by atoms with Crippen LogP contribution in [0.15, 0.2) is 140 Å². The molecular formula is C55H56GeIrN2S-2. The van der Waals surface area contributed by atoms with Crippen molar-refractivity contribution in [3.8, 4) is 44.8 Å². The molecule has 3 heterocycles. The Hall–Kier alpha value is -4.19. The minimum absolute atomic E-state index is 0. The van der Waals surface area contributed by atoms with E-state index in [-0.39, 0.29) is 26.0 Å². The molecule has 3 aromatic heterocycles. The van der Waals surface area contributed by atoms with E-state index in [0.29, 0.717) is 5.92 Å². The van der Waals surface area contributed by atoms with Crippen molar-refractivity contribution in [2.45, 2.75) is 82.4 Å². The van der Waals surface area contributed by atoms with Crippen LogP contribution in [0, 0.1) is 24.0 Å². The SMILES string of the molecule is [2H]C(C)(c1ccnc(-c2[c-]ccc3c2sc2ccc(-c4ccccc4)cc23)c1)C1CCCCC1.[2H]C([2H])(c1cc(-c2[c-]ccc(-c3ccccc3)c2)nc[c]1[Ge]([CH3])([CH3])[CH3])C(C)C.[Ir]. The summed E-state index contributed by atoms with van der Waals surface area (Å²) < 4.78 is 30.4. The first-order valence-electron chi connectivity index (χ1n) is 22.7. The number of hydrogen-bond donors (Lipinski definition) is 0. The van der Waals surface area contributed by atoms with Crippen LogP contribution in [-0.4, -0.2) is 23.2 Å². The second-order valence-electron chi connectivity index (χ2n) is 17.2. The Morgan fingerprint density at radius 1 is 0.717 bits per heavy atom. The van der Waals surface area contributed by atoms with Crippen molar-refractivity contribution in [1.29, 1.82) is 0 Å². The molecule has 1 atom stereocenters. The summed E-state index contributed by atoms with van der Waals surface area (Å²) in [5, 5.41) is 2.53. The zero-order valence-electron chi connectivity index (χ0n) is 38.6. The zero-order chi connectivity index (χ0) is 43.6. The molecular weight excluding hydrogens is 986 g/mol. The largest absolute Gasteiger partial charge is 0 e. The fourth-order valence-electron chi connectivity index (χ4n) is 8.38. The van der Waals surface area contributed by atoms with Gasteiger partial charge in [0.1, 0.15) is 0 Å². The summed E-state index contributed by atoms with van der Waals surface area (Å²) in [6, 6.07) is 50.7. The second-order valence-corrected chi connectivity index (χ2v) is 28.9. The van der Waals surface area contributed by atoms with Crippen LogP contribution in [0.3, 0.4) is 0 Å². The summed E-state index contributed by atoms with van der Waals surface area (Å²) in [7, 11) is 0. The van der Waals surface area contributed by atoms with Crippen molar-refractivity contribution in [2.75, 3.05) is 0 Å². The molecule has 1 radical (unpaired) electrons. The molecule has 0 aliphatic heterocycles. The maximum Gasteiger partial charge on any atom is 0 e. The van der Waals surface area contributed by atoms with E-state index in [1.54, 1.807) is 0 Å². The van der Waals surface area contributed by atoms with E-state index in [9.17, 15) is 1.37 Å².